The minimum Gasteiger partial charge on any atom is -0.477 e. The van der Waals surface area contributed by atoms with Crippen molar-refractivity contribution in [3.05, 3.63) is 24.0 Å². The first-order valence-corrected chi connectivity index (χ1v) is 6.08. The fourth-order valence-electron chi connectivity index (χ4n) is 0.893. The minimum atomic E-state index is -3.46. The van der Waals surface area contributed by atoms with Gasteiger partial charge in [0.15, 0.2) is 0 Å². The van der Waals surface area contributed by atoms with Gasteiger partial charge in [-0.05, 0) is 26.0 Å². The Labute approximate surface area is 93.4 Å². The molecule has 1 aromatic heterocycles. The second kappa shape index (κ2) is 4.48. The summed E-state index contributed by atoms with van der Waals surface area (Å²) in [6.45, 7) is 3.06. The van der Waals surface area contributed by atoms with Crippen molar-refractivity contribution in [3.63, 3.8) is 0 Å². The van der Waals surface area contributed by atoms with Gasteiger partial charge in [0, 0.05) is 6.20 Å². The summed E-state index contributed by atoms with van der Waals surface area (Å²) in [5, 5.41) is 8.09. The summed E-state index contributed by atoms with van der Waals surface area (Å²) in [6.07, 6.45) is 1.24. The Hall–Kier alpha value is -1.63. The Bertz CT molecular complexity index is 496. The van der Waals surface area contributed by atoms with Gasteiger partial charge in [-0.1, -0.05) is 0 Å². The molecule has 0 saturated carbocycles. The van der Waals surface area contributed by atoms with Crippen LogP contribution >= 0.6 is 0 Å². The average molecular weight is 244 g/mol. The number of hydrogen-bond acceptors (Lipinski definition) is 4. The molecule has 0 amide bonds. The zero-order valence-corrected chi connectivity index (χ0v) is 9.65. The van der Waals surface area contributed by atoms with Crippen LogP contribution in [0.25, 0.3) is 0 Å². The van der Waals surface area contributed by atoms with Gasteiger partial charge in [-0.2, -0.15) is 0 Å². The fraction of sp³-hybridized carbons (Fsp3) is 0.333. The van der Waals surface area contributed by atoms with Crippen molar-refractivity contribution in [2.45, 2.75) is 19.1 Å². The molecule has 0 atom stereocenters. The highest BCUT2D eigenvalue weighted by molar-refractivity contribution is 7.93. The van der Waals surface area contributed by atoms with Crippen molar-refractivity contribution < 1.29 is 18.3 Å². The fourth-order valence-corrected chi connectivity index (χ4v) is 1.58. The van der Waals surface area contributed by atoms with Gasteiger partial charge in [-0.3, -0.25) is 4.72 Å². The van der Waals surface area contributed by atoms with E-state index in [1.807, 2.05) is 0 Å². The zero-order chi connectivity index (χ0) is 12.3. The van der Waals surface area contributed by atoms with Crippen molar-refractivity contribution in [1.29, 1.82) is 0 Å². The second-order valence-electron chi connectivity index (χ2n) is 3.43. The van der Waals surface area contributed by atoms with E-state index in [1.54, 1.807) is 0 Å². The third-order valence-electron chi connectivity index (χ3n) is 1.86. The lowest BCUT2D eigenvalue weighted by atomic mass is 10.3. The molecule has 0 unspecified atom stereocenters. The van der Waals surface area contributed by atoms with E-state index in [1.165, 1.54) is 32.2 Å². The van der Waals surface area contributed by atoms with Gasteiger partial charge in [-0.15, -0.1) is 0 Å². The molecular weight excluding hydrogens is 232 g/mol. The van der Waals surface area contributed by atoms with E-state index in [0.717, 1.165) is 0 Å². The number of carboxylic acids is 1. The molecule has 0 fully saturated rings. The molecule has 2 N–H and O–H groups in total. The topological polar surface area (TPSA) is 96.4 Å². The van der Waals surface area contributed by atoms with E-state index in [0.29, 0.717) is 0 Å². The maximum atomic E-state index is 11.5. The lowest BCUT2D eigenvalue weighted by Gasteiger charge is -2.10. The molecule has 1 rings (SSSR count). The van der Waals surface area contributed by atoms with E-state index >= 15 is 0 Å². The van der Waals surface area contributed by atoms with Gasteiger partial charge in [0.25, 0.3) is 0 Å². The number of hydrogen-bond donors (Lipinski definition) is 2. The number of carbonyl (C=O) groups is 1. The maximum absolute atomic E-state index is 11.5. The van der Waals surface area contributed by atoms with Crippen molar-refractivity contribution in [2.75, 3.05) is 4.72 Å². The number of nitrogens with zero attached hydrogens (tertiary/aromatic N) is 1. The number of carboxylic acid groups (broad SMARTS) is 1. The van der Waals surface area contributed by atoms with Crippen LogP contribution in [0.5, 0.6) is 0 Å². The Morgan fingerprint density at radius 1 is 1.50 bits per heavy atom. The minimum absolute atomic E-state index is 0.195. The highest BCUT2D eigenvalue weighted by Crippen LogP contribution is 2.12. The Morgan fingerprint density at radius 3 is 2.62 bits per heavy atom. The summed E-state index contributed by atoms with van der Waals surface area (Å²) in [5.41, 5.74) is -0.00921. The van der Waals surface area contributed by atoms with Gasteiger partial charge in [0.1, 0.15) is 5.69 Å². The highest BCUT2D eigenvalue weighted by Gasteiger charge is 2.16. The molecule has 0 aliphatic rings. The number of rotatable bonds is 4. The van der Waals surface area contributed by atoms with Crippen molar-refractivity contribution in [2.24, 2.45) is 0 Å². The summed E-state index contributed by atoms with van der Waals surface area (Å²) in [4.78, 5) is 14.2. The predicted octanol–water partition coefficient (Wildman–Crippen LogP) is 0.930. The first kappa shape index (κ1) is 12.4. The monoisotopic (exact) mass is 244 g/mol. The van der Waals surface area contributed by atoms with Gasteiger partial charge in [0.2, 0.25) is 10.0 Å². The molecule has 88 valence electrons. The van der Waals surface area contributed by atoms with Crippen LogP contribution in [0.2, 0.25) is 0 Å². The van der Waals surface area contributed by atoms with Gasteiger partial charge >= 0.3 is 5.97 Å². The molecule has 16 heavy (non-hydrogen) atoms. The number of sulfonamides is 1. The van der Waals surface area contributed by atoms with E-state index in [-0.39, 0.29) is 11.4 Å². The van der Waals surface area contributed by atoms with Gasteiger partial charge < -0.3 is 5.11 Å². The molecule has 1 heterocycles. The van der Waals surface area contributed by atoms with E-state index in [2.05, 4.69) is 9.71 Å². The Morgan fingerprint density at radius 2 is 2.12 bits per heavy atom. The largest absolute Gasteiger partial charge is 0.477 e. The molecule has 0 radical (unpaired) electrons. The third-order valence-corrected chi connectivity index (χ3v) is 3.62. The lowest BCUT2D eigenvalue weighted by molar-refractivity contribution is 0.0690. The van der Waals surface area contributed by atoms with Crippen LogP contribution in [0.4, 0.5) is 5.69 Å². The number of nitrogens with one attached hydrogen (secondary N) is 1. The van der Waals surface area contributed by atoms with Crippen LogP contribution in [-0.4, -0.2) is 29.7 Å². The molecule has 0 bridgehead atoms. The van der Waals surface area contributed by atoms with Crippen LogP contribution in [0.15, 0.2) is 18.3 Å². The van der Waals surface area contributed by atoms with Crippen LogP contribution in [-0.2, 0) is 10.0 Å². The Balaban J connectivity index is 2.99. The maximum Gasteiger partial charge on any atom is 0.354 e. The highest BCUT2D eigenvalue weighted by atomic mass is 32.2. The van der Waals surface area contributed by atoms with Crippen LogP contribution in [0.3, 0.4) is 0 Å². The van der Waals surface area contributed by atoms with E-state index in [9.17, 15) is 13.2 Å². The Kier molecular flexibility index (Phi) is 3.48. The third kappa shape index (κ3) is 2.93. The summed E-state index contributed by atoms with van der Waals surface area (Å²) in [5.74, 6) is -1.20. The summed E-state index contributed by atoms with van der Waals surface area (Å²) in [7, 11) is -3.46. The molecule has 0 aromatic carbocycles. The normalized spacial score (nSPS) is 11.4. The van der Waals surface area contributed by atoms with Crippen molar-refractivity contribution >= 4 is 21.7 Å². The lowest BCUT2D eigenvalue weighted by Crippen LogP contribution is -2.22. The molecule has 0 aliphatic heterocycles. The van der Waals surface area contributed by atoms with Crippen LogP contribution in [0.1, 0.15) is 24.3 Å². The quantitative estimate of drug-likeness (QED) is 0.821. The summed E-state index contributed by atoms with van der Waals surface area (Å²) in [6, 6.07) is 2.56. The van der Waals surface area contributed by atoms with Crippen LogP contribution in [0, 0.1) is 0 Å². The molecule has 7 heteroatoms. The SMILES string of the molecule is CC(C)S(=O)(=O)Nc1ccnc(C(=O)O)c1. The second-order valence-corrected chi connectivity index (χ2v) is 5.67. The summed E-state index contributed by atoms with van der Waals surface area (Å²) >= 11 is 0. The standard InChI is InChI=1S/C9H12N2O4S/c1-6(2)16(14,15)11-7-3-4-10-8(5-7)9(12)13/h3-6H,1-2H3,(H,10,11)(H,12,13). The van der Waals surface area contributed by atoms with E-state index in [4.69, 9.17) is 5.11 Å². The predicted molar refractivity (Wildman–Crippen MR) is 58.9 cm³/mol. The molecule has 0 saturated heterocycles. The number of aromatic nitrogens is 1. The molecular formula is C9H12N2O4S. The first-order valence-electron chi connectivity index (χ1n) is 4.54. The first-order chi connectivity index (χ1) is 7.33. The van der Waals surface area contributed by atoms with Crippen molar-refractivity contribution in [1.82, 2.24) is 4.98 Å². The summed E-state index contributed by atoms with van der Waals surface area (Å²) < 4.78 is 25.3. The smallest absolute Gasteiger partial charge is 0.354 e. The zero-order valence-electron chi connectivity index (χ0n) is 8.84. The average Bonchev–Trinajstić information content (AvgIpc) is 2.17. The van der Waals surface area contributed by atoms with Gasteiger partial charge in [0.05, 0.1) is 10.9 Å². The van der Waals surface area contributed by atoms with Gasteiger partial charge in [-0.25, -0.2) is 18.2 Å². The molecule has 1 aromatic rings. The molecule has 0 aliphatic carbocycles. The number of anilines is 1. The molecule has 6 nitrogen and oxygen atoms in total. The number of aromatic carboxylic acids is 1. The molecule has 0 spiro atoms. The van der Waals surface area contributed by atoms with E-state index < -0.39 is 21.2 Å². The van der Waals surface area contributed by atoms with Crippen LogP contribution < -0.4 is 4.72 Å². The number of pyridine rings is 1. The van der Waals surface area contributed by atoms with Crippen molar-refractivity contribution in [3.8, 4) is 0 Å².